The summed E-state index contributed by atoms with van der Waals surface area (Å²) in [5, 5.41) is 0.843. The summed E-state index contributed by atoms with van der Waals surface area (Å²) in [4.78, 5) is 18.4. The molecule has 0 atom stereocenters. The molecule has 0 unspecified atom stereocenters. The molecule has 0 saturated heterocycles. The first-order chi connectivity index (χ1) is 14.2. The number of carbonyl (C=O) groups excluding carboxylic acids is 1. The van der Waals surface area contributed by atoms with Crippen LogP contribution in [-0.4, -0.2) is 35.7 Å². The van der Waals surface area contributed by atoms with Crippen LogP contribution >= 0.6 is 11.8 Å². The Morgan fingerprint density at radius 2 is 1.79 bits per heavy atom. The van der Waals surface area contributed by atoms with Crippen LogP contribution < -0.4 is 9.47 Å². The van der Waals surface area contributed by atoms with E-state index in [1.165, 1.54) is 11.8 Å². The number of hydrogen-bond acceptors (Lipinski definition) is 5. The average Bonchev–Trinajstić information content (AvgIpc) is 2.77. The number of hydrogen-bond donors (Lipinski definition) is 0. The van der Waals surface area contributed by atoms with Gasteiger partial charge in [0.05, 0.1) is 17.9 Å². The van der Waals surface area contributed by atoms with Gasteiger partial charge in [0, 0.05) is 19.8 Å². The van der Waals surface area contributed by atoms with Gasteiger partial charge in [-0.2, -0.15) is 0 Å². The molecule has 1 heterocycles. The lowest BCUT2D eigenvalue weighted by Crippen LogP contribution is -2.27. The molecular weight excluding hydrogens is 384 g/mol. The molecule has 0 N–H and O–H groups in total. The molecule has 6 heteroatoms. The van der Waals surface area contributed by atoms with E-state index in [0.717, 1.165) is 16.2 Å². The number of nitrogens with zero attached hydrogens (tertiary/aromatic N) is 2. The molecule has 0 aliphatic carbocycles. The van der Waals surface area contributed by atoms with E-state index >= 15 is 0 Å². The Bertz CT molecular complexity index is 920. The molecule has 0 spiro atoms. The summed E-state index contributed by atoms with van der Waals surface area (Å²) in [6.07, 6.45) is 1.73. The van der Waals surface area contributed by atoms with E-state index in [2.05, 4.69) is 4.98 Å². The van der Waals surface area contributed by atoms with Gasteiger partial charge in [0.15, 0.2) is 11.5 Å². The standard InChI is InChI=1S/C23H24N2O3S/c1-25(23(26)17-29-22-10-6-7-13-24-22)15-19-11-12-20(21(14-19)27-2)28-16-18-8-4-3-5-9-18/h3-14H,15-17H2,1-2H3. The maximum Gasteiger partial charge on any atom is 0.233 e. The molecule has 3 rings (SSSR count). The van der Waals surface area contributed by atoms with Crippen molar-refractivity contribution in [2.45, 2.75) is 18.2 Å². The van der Waals surface area contributed by atoms with Gasteiger partial charge in [-0.3, -0.25) is 4.79 Å². The Balaban J connectivity index is 1.56. The number of carbonyl (C=O) groups is 1. The molecule has 0 saturated carbocycles. The van der Waals surface area contributed by atoms with Crippen LogP contribution in [0, 0.1) is 0 Å². The van der Waals surface area contributed by atoms with Crippen molar-refractivity contribution in [3.8, 4) is 11.5 Å². The number of ether oxygens (including phenoxy) is 2. The third-order valence-electron chi connectivity index (χ3n) is 4.29. The molecular formula is C23H24N2O3S. The van der Waals surface area contributed by atoms with Crippen LogP contribution in [0.15, 0.2) is 78.0 Å². The van der Waals surface area contributed by atoms with Crippen molar-refractivity contribution < 1.29 is 14.3 Å². The number of benzene rings is 2. The van der Waals surface area contributed by atoms with Crippen molar-refractivity contribution in [2.75, 3.05) is 19.9 Å². The number of pyridine rings is 1. The average molecular weight is 409 g/mol. The number of aromatic nitrogens is 1. The predicted molar refractivity (Wildman–Crippen MR) is 115 cm³/mol. The van der Waals surface area contributed by atoms with Crippen LogP contribution in [0.2, 0.25) is 0 Å². The fraction of sp³-hybridized carbons (Fsp3) is 0.217. The van der Waals surface area contributed by atoms with E-state index in [4.69, 9.17) is 9.47 Å². The van der Waals surface area contributed by atoms with Crippen molar-refractivity contribution in [2.24, 2.45) is 0 Å². The minimum Gasteiger partial charge on any atom is -0.493 e. The highest BCUT2D eigenvalue weighted by Crippen LogP contribution is 2.29. The van der Waals surface area contributed by atoms with Crippen LogP contribution in [0.25, 0.3) is 0 Å². The molecule has 1 amide bonds. The SMILES string of the molecule is COc1cc(CN(C)C(=O)CSc2ccccn2)ccc1OCc1ccccc1. The van der Waals surface area contributed by atoms with Gasteiger partial charge >= 0.3 is 0 Å². The Morgan fingerprint density at radius 1 is 1.00 bits per heavy atom. The topological polar surface area (TPSA) is 51.7 Å². The van der Waals surface area contributed by atoms with E-state index < -0.39 is 0 Å². The van der Waals surface area contributed by atoms with E-state index in [1.807, 2.05) is 66.7 Å². The molecule has 0 aliphatic heterocycles. The Labute approximate surface area is 175 Å². The van der Waals surface area contributed by atoms with Gasteiger partial charge in [0.1, 0.15) is 6.61 Å². The fourth-order valence-electron chi connectivity index (χ4n) is 2.71. The molecule has 0 aliphatic rings. The number of amides is 1. The second-order valence-electron chi connectivity index (χ2n) is 6.47. The first-order valence-electron chi connectivity index (χ1n) is 9.27. The zero-order chi connectivity index (χ0) is 20.5. The predicted octanol–water partition coefficient (Wildman–Crippen LogP) is 4.42. The maximum atomic E-state index is 12.4. The van der Waals surface area contributed by atoms with E-state index in [-0.39, 0.29) is 5.91 Å². The minimum absolute atomic E-state index is 0.0454. The second kappa shape index (κ2) is 10.5. The van der Waals surface area contributed by atoms with E-state index in [1.54, 1.807) is 25.3 Å². The quantitative estimate of drug-likeness (QED) is 0.491. The van der Waals surface area contributed by atoms with Gasteiger partial charge in [-0.1, -0.05) is 54.2 Å². The summed E-state index contributed by atoms with van der Waals surface area (Å²) >= 11 is 1.44. The summed E-state index contributed by atoms with van der Waals surface area (Å²) in [6, 6.07) is 21.4. The summed E-state index contributed by atoms with van der Waals surface area (Å²) in [5.41, 5.74) is 2.07. The van der Waals surface area contributed by atoms with Crippen LogP contribution in [0.3, 0.4) is 0 Å². The first-order valence-corrected chi connectivity index (χ1v) is 10.3. The van der Waals surface area contributed by atoms with Crippen molar-refractivity contribution in [1.29, 1.82) is 0 Å². The van der Waals surface area contributed by atoms with Gasteiger partial charge in [0.25, 0.3) is 0 Å². The molecule has 0 bridgehead atoms. The molecule has 1 aromatic heterocycles. The van der Waals surface area contributed by atoms with Gasteiger partial charge in [0.2, 0.25) is 5.91 Å². The zero-order valence-electron chi connectivity index (χ0n) is 16.6. The fourth-order valence-corrected chi connectivity index (χ4v) is 3.51. The minimum atomic E-state index is 0.0454. The van der Waals surface area contributed by atoms with Crippen LogP contribution in [0.4, 0.5) is 0 Å². The highest BCUT2D eigenvalue weighted by atomic mass is 32.2. The smallest absolute Gasteiger partial charge is 0.233 e. The normalized spacial score (nSPS) is 10.4. The summed E-state index contributed by atoms with van der Waals surface area (Å²) in [5.74, 6) is 1.73. The Kier molecular flexibility index (Phi) is 7.53. The number of methoxy groups -OCH3 is 1. The lowest BCUT2D eigenvalue weighted by molar-refractivity contribution is -0.127. The summed E-state index contributed by atoms with van der Waals surface area (Å²) < 4.78 is 11.4. The van der Waals surface area contributed by atoms with Gasteiger partial charge < -0.3 is 14.4 Å². The van der Waals surface area contributed by atoms with Crippen molar-refractivity contribution in [3.05, 3.63) is 84.1 Å². The van der Waals surface area contributed by atoms with Gasteiger partial charge in [-0.25, -0.2) is 4.98 Å². The van der Waals surface area contributed by atoms with E-state index in [9.17, 15) is 4.79 Å². The molecule has 2 aromatic carbocycles. The Hall–Kier alpha value is -2.99. The van der Waals surface area contributed by atoms with Gasteiger partial charge in [-0.15, -0.1) is 0 Å². The molecule has 0 fully saturated rings. The van der Waals surface area contributed by atoms with Crippen molar-refractivity contribution >= 4 is 17.7 Å². The molecule has 5 nitrogen and oxygen atoms in total. The number of rotatable bonds is 9. The largest absolute Gasteiger partial charge is 0.493 e. The second-order valence-corrected chi connectivity index (χ2v) is 7.46. The maximum absolute atomic E-state index is 12.4. The lowest BCUT2D eigenvalue weighted by Gasteiger charge is -2.18. The molecule has 0 radical (unpaired) electrons. The third-order valence-corrected chi connectivity index (χ3v) is 5.22. The summed E-state index contributed by atoms with van der Waals surface area (Å²) in [6.45, 7) is 0.969. The van der Waals surface area contributed by atoms with Crippen LogP contribution in [-0.2, 0) is 17.9 Å². The number of thioether (sulfide) groups is 1. The lowest BCUT2D eigenvalue weighted by atomic mass is 10.2. The van der Waals surface area contributed by atoms with Crippen molar-refractivity contribution in [1.82, 2.24) is 9.88 Å². The highest BCUT2D eigenvalue weighted by Gasteiger charge is 2.12. The zero-order valence-corrected chi connectivity index (χ0v) is 17.4. The molecule has 150 valence electrons. The molecule has 29 heavy (non-hydrogen) atoms. The third kappa shape index (κ3) is 6.26. The first kappa shape index (κ1) is 20.7. The van der Waals surface area contributed by atoms with Gasteiger partial charge in [-0.05, 0) is 35.4 Å². The van der Waals surface area contributed by atoms with Crippen LogP contribution in [0.1, 0.15) is 11.1 Å². The van der Waals surface area contributed by atoms with E-state index in [0.29, 0.717) is 30.4 Å². The van der Waals surface area contributed by atoms with Crippen molar-refractivity contribution in [3.63, 3.8) is 0 Å². The monoisotopic (exact) mass is 408 g/mol. The molecule has 3 aromatic rings. The highest BCUT2D eigenvalue weighted by molar-refractivity contribution is 7.99. The summed E-state index contributed by atoms with van der Waals surface area (Å²) in [7, 11) is 3.42. The Morgan fingerprint density at radius 3 is 2.52 bits per heavy atom. The van der Waals surface area contributed by atoms with Crippen LogP contribution in [0.5, 0.6) is 11.5 Å².